The summed E-state index contributed by atoms with van der Waals surface area (Å²) in [7, 11) is 0. The van der Waals surface area contributed by atoms with Gasteiger partial charge in [-0.25, -0.2) is 9.78 Å². The lowest BCUT2D eigenvalue weighted by Gasteiger charge is -2.37. The van der Waals surface area contributed by atoms with Gasteiger partial charge in [0, 0.05) is 32.4 Å². The van der Waals surface area contributed by atoms with Crippen molar-refractivity contribution in [1.29, 1.82) is 5.26 Å². The van der Waals surface area contributed by atoms with Crippen LogP contribution < -0.4 is 15.4 Å². The maximum Gasteiger partial charge on any atom is 0.417 e. The van der Waals surface area contributed by atoms with Gasteiger partial charge in [-0.05, 0) is 19.1 Å². The van der Waals surface area contributed by atoms with E-state index in [0.29, 0.717) is 26.2 Å². The van der Waals surface area contributed by atoms with Crippen molar-refractivity contribution in [2.75, 3.05) is 42.6 Å². The van der Waals surface area contributed by atoms with E-state index in [2.05, 4.69) is 9.97 Å². The van der Waals surface area contributed by atoms with E-state index in [1.165, 1.54) is 6.07 Å². The summed E-state index contributed by atoms with van der Waals surface area (Å²) in [6.07, 6.45) is -3.81. The minimum Gasteiger partial charge on any atom is -0.462 e. The first-order chi connectivity index (χ1) is 14.7. The maximum atomic E-state index is 12.8. The Morgan fingerprint density at radius 2 is 1.94 bits per heavy atom. The van der Waals surface area contributed by atoms with Gasteiger partial charge in [0.2, 0.25) is 0 Å². The molecule has 1 aliphatic heterocycles. The quantitative estimate of drug-likeness (QED) is 0.707. The van der Waals surface area contributed by atoms with Gasteiger partial charge in [-0.15, -0.1) is 0 Å². The lowest BCUT2D eigenvalue weighted by molar-refractivity contribution is -0.137. The van der Waals surface area contributed by atoms with Crippen LogP contribution in [0.1, 0.15) is 28.4 Å². The number of anilines is 2. The average Bonchev–Trinajstić information content (AvgIpc) is 2.73. The number of carbonyl (C=O) groups excluding carboxylic acids is 1. The van der Waals surface area contributed by atoms with Crippen LogP contribution in [0.2, 0.25) is 5.02 Å². The zero-order chi connectivity index (χ0) is 22.8. The van der Waals surface area contributed by atoms with Crippen molar-refractivity contribution in [2.24, 2.45) is 0 Å². The molecule has 8 nitrogen and oxygen atoms in total. The number of piperazine rings is 1. The number of ether oxygens (including phenoxy) is 1. The molecule has 31 heavy (non-hydrogen) atoms. The number of nitriles is 1. The molecule has 1 N–H and O–H groups in total. The summed E-state index contributed by atoms with van der Waals surface area (Å²) in [6.45, 7) is 3.04. The Morgan fingerprint density at radius 3 is 2.48 bits per heavy atom. The number of halogens is 4. The molecule has 2 aromatic rings. The van der Waals surface area contributed by atoms with E-state index in [0.717, 1.165) is 12.3 Å². The number of aromatic nitrogens is 2. The van der Waals surface area contributed by atoms with Crippen molar-refractivity contribution in [2.45, 2.75) is 13.1 Å². The maximum absolute atomic E-state index is 12.8. The minimum atomic E-state index is -4.54. The number of alkyl halides is 3. The Kier molecular flexibility index (Phi) is 6.40. The van der Waals surface area contributed by atoms with E-state index in [1.807, 2.05) is 6.07 Å². The third kappa shape index (κ3) is 4.74. The molecule has 0 aromatic carbocycles. The third-order valence-corrected chi connectivity index (χ3v) is 4.96. The van der Waals surface area contributed by atoms with Crippen LogP contribution >= 0.6 is 11.6 Å². The van der Waals surface area contributed by atoms with Gasteiger partial charge < -0.3 is 19.5 Å². The van der Waals surface area contributed by atoms with Crippen LogP contribution in [-0.4, -0.2) is 48.7 Å². The van der Waals surface area contributed by atoms with Crippen molar-refractivity contribution in [3.8, 4) is 6.07 Å². The molecule has 0 bridgehead atoms. The second kappa shape index (κ2) is 8.85. The lowest BCUT2D eigenvalue weighted by atomic mass is 10.1. The minimum absolute atomic E-state index is 0.0877. The lowest BCUT2D eigenvalue weighted by Crippen LogP contribution is -2.48. The Bertz CT molecular complexity index is 1090. The molecule has 1 fully saturated rings. The summed E-state index contributed by atoms with van der Waals surface area (Å²) >= 11 is 6.01. The normalized spacial score (nSPS) is 14.3. The number of esters is 1. The molecular weight excluding hydrogens is 439 g/mol. The SMILES string of the molecule is CCOC(=O)c1cc(C#N)c(N2CCN(c3ncc(C(F)(F)F)cc3Cl)CC2)[nH]c1=O. The van der Waals surface area contributed by atoms with Gasteiger partial charge in [0.15, 0.2) is 0 Å². The van der Waals surface area contributed by atoms with Crippen LogP contribution in [-0.2, 0) is 10.9 Å². The number of hydrogen-bond donors (Lipinski definition) is 1. The van der Waals surface area contributed by atoms with Gasteiger partial charge >= 0.3 is 12.1 Å². The van der Waals surface area contributed by atoms with Crippen LogP contribution in [0.25, 0.3) is 0 Å². The third-order valence-electron chi connectivity index (χ3n) is 4.68. The second-order valence-corrected chi connectivity index (χ2v) is 7.02. The fourth-order valence-electron chi connectivity index (χ4n) is 3.18. The molecule has 2 aromatic heterocycles. The van der Waals surface area contributed by atoms with E-state index in [4.69, 9.17) is 16.3 Å². The second-order valence-electron chi connectivity index (χ2n) is 6.61. The summed E-state index contributed by atoms with van der Waals surface area (Å²) in [6, 6.07) is 3.97. The summed E-state index contributed by atoms with van der Waals surface area (Å²) in [5.41, 5.74) is -1.77. The van der Waals surface area contributed by atoms with E-state index in [-0.39, 0.29) is 34.4 Å². The molecule has 164 valence electrons. The van der Waals surface area contributed by atoms with E-state index in [9.17, 15) is 28.0 Å². The van der Waals surface area contributed by atoms with Gasteiger partial charge in [0.25, 0.3) is 5.56 Å². The fraction of sp³-hybridized carbons (Fsp3) is 0.368. The van der Waals surface area contributed by atoms with Crippen molar-refractivity contribution >= 4 is 29.2 Å². The highest BCUT2D eigenvalue weighted by molar-refractivity contribution is 6.33. The fourth-order valence-corrected chi connectivity index (χ4v) is 3.46. The van der Waals surface area contributed by atoms with Gasteiger partial charge in [-0.3, -0.25) is 4.79 Å². The Hall–Kier alpha value is -3.26. The molecule has 0 spiro atoms. The van der Waals surface area contributed by atoms with Crippen LogP contribution in [0.5, 0.6) is 0 Å². The van der Waals surface area contributed by atoms with Crippen LogP contribution in [0.3, 0.4) is 0 Å². The van der Waals surface area contributed by atoms with Crippen LogP contribution in [0.4, 0.5) is 24.8 Å². The summed E-state index contributed by atoms with van der Waals surface area (Å²) in [5.74, 6) is -0.340. The average molecular weight is 456 g/mol. The molecule has 0 unspecified atom stereocenters. The number of hydrogen-bond acceptors (Lipinski definition) is 7. The zero-order valence-electron chi connectivity index (χ0n) is 16.3. The van der Waals surface area contributed by atoms with Crippen LogP contribution in [0, 0.1) is 11.3 Å². The topological polar surface area (TPSA) is 102 Å². The molecule has 3 heterocycles. The smallest absolute Gasteiger partial charge is 0.417 e. The van der Waals surface area contributed by atoms with Crippen LogP contribution in [0.15, 0.2) is 23.1 Å². The number of H-pyrrole nitrogens is 1. The van der Waals surface area contributed by atoms with Crippen molar-refractivity contribution in [3.05, 3.63) is 50.4 Å². The first-order valence-corrected chi connectivity index (χ1v) is 9.60. The molecule has 1 aliphatic rings. The van der Waals surface area contributed by atoms with Gasteiger partial charge in [-0.2, -0.15) is 18.4 Å². The molecule has 0 radical (unpaired) electrons. The predicted octanol–water partition coefficient (Wildman–Crippen LogP) is 2.82. The van der Waals surface area contributed by atoms with Crippen molar-refractivity contribution in [1.82, 2.24) is 9.97 Å². The molecule has 1 saturated heterocycles. The Balaban J connectivity index is 1.78. The summed E-state index contributed by atoms with van der Waals surface area (Å²) in [4.78, 5) is 34.0. The number of carbonyl (C=O) groups is 1. The highest BCUT2D eigenvalue weighted by atomic mass is 35.5. The zero-order valence-corrected chi connectivity index (χ0v) is 17.0. The summed E-state index contributed by atoms with van der Waals surface area (Å²) in [5, 5.41) is 9.34. The molecule has 12 heteroatoms. The van der Waals surface area contributed by atoms with Crippen molar-refractivity contribution < 1.29 is 22.7 Å². The van der Waals surface area contributed by atoms with E-state index in [1.54, 1.807) is 16.7 Å². The van der Waals surface area contributed by atoms with Gasteiger partial charge in [0.1, 0.15) is 23.3 Å². The molecule has 0 saturated carbocycles. The molecular formula is C19H17ClF3N5O3. The first kappa shape index (κ1) is 22.4. The number of nitrogens with one attached hydrogen (secondary N) is 1. The van der Waals surface area contributed by atoms with Gasteiger partial charge in [-0.1, -0.05) is 11.6 Å². The van der Waals surface area contributed by atoms with Gasteiger partial charge in [0.05, 0.1) is 22.8 Å². The molecule has 0 amide bonds. The van der Waals surface area contributed by atoms with E-state index < -0.39 is 23.3 Å². The molecule has 0 atom stereocenters. The summed E-state index contributed by atoms with van der Waals surface area (Å²) < 4.78 is 43.2. The predicted molar refractivity (Wildman–Crippen MR) is 106 cm³/mol. The number of rotatable bonds is 4. The Morgan fingerprint density at radius 1 is 1.29 bits per heavy atom. The number of pyridine rings is 2. The van der Waals surface area contributed by atoms with Crippen molar-refractivity contribution in [3.63, 3.8) is 0 Å². The monoisotopic (exact) mass is 455 g/mol. The largest absolute Gasteiger partial charge is 0.462 e. The Labute approximate surface area is 179 Å². The highest BCUT2D eigenvalue weighted by Crippen LogP contribution is 2.34. The standard InChI is InChI=1S/C19H17ClF3N5O3/c1-2-31-18(30)13-7-11(9-24)15(26-17(13)29)27-3-5-28(6-4-27)16-14(20)8-12(10-25-16)19(21,22)23/h7-8,10H,2-6H2,1H3,(H,26,29). The highest BCUT2D eigenvalue weighted by Gasteiger charge is 2.32. The first-order valence-electron chi connectivity index (χ1n) is 9.22. The molecule has 3 rings (SSSR count). The number of nitrogens with zero attached hydrogens (tertiary/aromatic N) is 4. The number of aromatic amines is 1. The molecule has 0 aliphatic carbocycles. The van der Waals surface area contributed by atoms with E-state index >= 15 is 0 Å².